The summed E-state index contributed by atoms with van der Waals surface area (Å²) in [5, 5.41) is 11.6. The summed E-state index contributed by atoms with van der Waals surface area (Å²) in [6.07, 6.45) is 2.69. The van der Waals surface area contributed by atoms with Gasteiger partial charge in [0.1, 0.15) is 0 Å². The lowest BCUT2D eigenvalue weighted by molar-refractivity contribution is -0.133. The summed E-state index contributed by atoms with van der Waals surface area (Å²) in [7, 11) is 0. The van der Waals surface area contributed by atoms with Crippen molar-refractivity contribution in [3.05, 3.63) is 35.4 Å². The minimum absolute atomic E-state index is 0.0850. The minimum Gasteiger partial charge on any atom is -0.409 e. The third kappa shape index (κ3) is 2.80. The lowest BCUT2D eigenvalue weighted by Crippen LogP contribution is -2.34. The van der Waals surface area contributed by atoms with E-state index in [1.807, 2.05) is 23.1 Å². The van der Waals surface area contributed by atoms with Gasteiger partial charge in [-0.05, 0) is 24.5 Å². The monoisotopic (exact) mass is 247 g/mol. The number of carbonyl (C=O) groups excluding carboxylic acids is 1. The highest BCUT2D eigenvalue weighted by Crippen LogP contribution is 2.15. The summed E-state index contributed by atoms with van der Waals surface area (Å²) in [6.45, 7) is 1.40. The molecule has 1 heterocycles. The average Bonchev–Trinajstić information content (AvgIpc) is 2.41. The Bertz CT molecular complexity index is 471. The molecule has 0 radical (unpaired) electrons. The molecule has 1 aromatic carbocycles. The molecule has 0 spiro atoms. The van der Waals surface area contributed by atoms with Gasteiger partial charge in [-0.25, -0.2) is 0 Å². The van der Waals surface area contributed by atoms with Crippen LogP contribution < -0.4 is 5.73 Å². The molecule has 18 heavy (non-hydrogen) atoms. The number of nitrogens with zero attached hydrogens (tertiary/aromatic N) is 2. The van der Waals surface area contributed by atoms with Gasteiger partial charge in [0.2, 0.25) is 5.91 Å². The molecule has 5 nitrogen and oxygen atoms in total. The molecule has 1 fully saturated rings. The second-order valence-corrected chi connectivity index (χ2v) is 4.46. The second-order valence-electron chi connectivity index (χ2n) is 4.46. The Labute approximate surface area is 106 Å². The van der Waals surface area contributed by atoms with Crippen LogP contribution in [0.4, 0.5) is 0 Å². The van der Waals surface area contributed by atoms with Crippen molar-refractivity contribution in [1.29, 1.82) is 0 Å². The molecule has 0 bridgehead atoms. The van der Waals surface area contributed by atoms with Gasteiger partial charge >= 0.3 is 0 Å². The second kappa shape index (κ2) is 5.53. The van der Waals surface area contributed by atoms with Crippen LogP contribution in [0.15, 0.2) is 29.4 Å². The van der Waals surface area contributed by atoms with Crippen LogP contribution >= 0.6 is 0 Å². The molecule has 1 aromatic rings. The van der Waals surface area contributed by atoms with Crippen LogP contribution in [-0.2, 0) is 11.3 Å². The Balaban J connectivity index is 2.11. The highest BCUT2D eigenvalue weighted by Gasteiger charge is 2.18. The van der Waals surface area contributed by atoms with Gasteiger partial charge in [-0.15, -0.1) is 0 Å². The fraction of sp³-hybridized carbons (Fsp3) is 0.385. The number of amidine groups is 1. The molecule has 0 aliphatic carbocycles. The van der Waals surface area contributed by atoms with Gasteiger partial charge in [0.15, 0.2) is 5.84 Å². The summed E-state index contributed by atoms with van der Waals surface area (Å²) in [5.74, 6) is 0.289. The maximum absolute atomic E-state index is 11.7. The highest BCUT2D eigenvalue weighted by molar-refractivity contribution is 5.97. The van der Waals surface area contributed by atoms with Crippen molar-refractivity contribution in [1.82, 2.24) is 4.90 Å². The van der Waals surface area contributed by atoms with Gasteiger partial charge in [-0.2, -0.15) is 0 Å². The standard InChI is InChI=1S/C13H17N3O2/c14-13(15-18)11-5-3-4-10(8-11)9-16-7-2-1-6-12(16)17/h3-5,8,18H,1-2,6-7,9H2,(H2,14,15). The summed E-state index contributed by atoms with van der Waals surface area (Å²) in [5.41, 5.74) is 7.20. The van der Waals surface area contributed by atoms with Gasteiger partial charge < -0.3 is 15.8 Å². The van der Waals surface area contributed by atoms with Crippen LogP contribution in [-0.4, -0.2) is 28.4 Å². The molecule has 2 rings (SSSR count). The molecular weight excluding hydrogens is 230 g/mol. The number of piperidine rings is 1. The minimum atomic E-state index is 0.0850. The van der Waals surface area contributed by atoms with Gasteiger partial charge in [-0.1, -0.05) is 23.4 Å². The van der Waals surface area contributed by atoms with Crippen LogP contribution in [0.2, 0.25) is 0 Å². The summed E-state index contributed by atoms with van der Waals surface area (Å²) in [6, 6.07) is 7.40. The number of oxime groups is 1. The van der Waals surface area contributed by atoms with E-state index in [-0.39, 0.29) is 11.7 Å². The zero-order chi connectivity index (χ0) is 13.0. The summed E-state index contributed by atoms with van der Waals surface area (Å²) < 4.78 is 0. The third-order valence-corrected chi connectivity index (χ3v) is 3.13. The van der Waals surface area contributed by atoms with Crippen molar-refractivity contribution < 1.29 is 10.0 Å². The van der Waals surface area contributed by atoms with Gasteiger partial charge in [0.25, 0.3) is 0 Å². The van der Waals surface area contributed by atoms with Gasteiger partial charge in [-0.3, -0.25) is 4.79 Å². The van der Waals surface area contributed by atoms with E-state index in [0.717, 1.165) is 24.9 Å². The molecule has 1 amide bonds. The quantitative estimate of drug-likeness (QED) is 0.365. The molecule has 1 saturated heterocycles. The molecule has 0 atom stereocenters. The van der Waals surface area contributed by atoms with E-state index in [1.54, 1.807) is 6.07 Å². The van der Waals surface area contributed by atoms with Crippen LogP contribution in [0.5, 0.6) is 0 Å². The van der Waals surface area contributed by atoms with Gasteiger partial charge in [0.05, 0.1) is 0 Å². The van der Waals surface area contributed by atoms with Crippen LogP contribution in [0.25, 0.3) is 0 Å². The smallest absolute Gasteiger partial charge is 0.222 e. The van der Waals surface area contributed by atoms with Crippen LogP contribution in [0, 0.1) is 0 Å². The van der Waals surface area contributed by atoms with E-state index in [1.165, 1.54) is 0 Å². The Morgan fingerprint density at radius 3 is 3.00 bits per heavy atom. The van der Waals surface area contributed by atoms with E-state index in [2.05, 4.69) is 5.16 Å². The zero-order valence-corrected chi connectivity index (χ0v) is 10.2. The van der Waals surface area contributed by atoms with Crippen LogP contribution in [0.1, 0.15) is 30.4 Å². The Kier molecular flexibility index (Phi) is 3.82. The number of nitrogens with two attached hydrogens (primary N) is 1. The predicted molar refractivity (Wildman–Crippen MR) is 68.2 cm³/mol. The first-order valence-electron chi connectivity index (χ1n) is 6.05. The molecule has 3 N–H and O–H groups in total. The molecule has 1 aliphatic rings. The van der Waals surface area contributed by atoms with E-state index < -0.39 is 0 Å². The molecule has 96 valence electrons. The number of rotatable bonds is 3. The molecule has 5 heteroatoms. The Morgan fingerprint density at radius 1 is 1.44 bits per heavy atom. The lowest BCUT2D eigenvalue weighted by Gasteiger charge is -2.26. The lowest BCUT2D eigenvalue weighted by atomic mass is 10.1. The van der Waals surface area contributed by atoms with Crippen molar-refractivity contribution in [2.75, 3.05) is 6.54 Å². The number of hydrogen-bond donors (Lipinski definition) is 2. The first kappa shape index (κ1) is 12.4. The molecule has 1 aliphatic heterocycles. The first-order valence-corrected chi connectivity index (χ1v) is 6.05. The predicted octanol–water partition coefficient (Wildman–Crippen LogP) is 1.29. The molecule has 0 saturated carbocycles. The zero-order valence-electron chi connectivity index (χ0n) is 10.2. The average molecular weight is 247 g/mol. The fourth-order valence-corrected chi connectivity index (χ4v) is 2.14. The normalized spacial score (nSPS) is 17.0. The Hall–Kier alpha value is -2.04. The van der Waals surface area contributed by atoms with Crippen LogP contribution in [0.3, 0.4) is 0 Å². The first-order chi connectivity index (χ1) is 8.70. The van der Waals surface area contributed by atoms with Crippen molar-refractivity contribution in [2.45, 2.75) is 25.8 Å². The number of hydrogen-bond acceptors (Lipinski definition) is 3. The molecular formula is C13H17N3O2. The third-order valence-electron chi connectivity index (χ3n) is 3.13. The van der Waals surface area contributed by atoms with E-state index in [9.17, 15) is 4.79 Å². The summed E-state index contributed by atoms with van der Waals surface area (Å²) in [4.78, 5) is 13.6. The number of benzene rings is 1. The number of carbonyl (C=O) groups is 1. The molecule has 0 unspecified atom stereocenters. The largest absolute Gasteiger partial charge is 0.409 e. The Morgan fingerprint density at radius 2 is 2.28 bits per heavy atom. The SMILES string of the molecule is NC(=NO)c1cccc(CN2CCCCC2=O)c1. The van der Waals surface area contributed by atoms with Crippen molar-refractivity contribution in [3.8, 4) is 0 Å². The topological polar surface area (TPSA) is 78.9 Å². The summed E-state index contributed by atoms with van der Waals surface area (Å²) >= 11 is 0. The maximum atomic E-state index is 11.7. The van der Waals surface area contributed by atoms with E-state index in [4.69, 9.17) is 10.9 Å². The number of likely N-dealkylation sites (tertiary alicyclic amines) is 1. The molecule has 0 aromatic heterocycles. The van der Waals surface area contributed by atoms with E-state index in [0.29, 0.717) is 18.5 Å². The van der Waals surface area contributed by atoms with E-state index >= 15 is 0 Å². The van der Waals surface area contributed by atoms with Crippen molar-refractivity contribution in [2.24, 2.45) is 10.9 Å². The maximum Gasteiger partial charge on any atom is 0.222 e. The van der Waals surface area contributed by atoms with Crippen molar-refractivity contribution >= 4 is 11.7 Å². The fourth-order valence-electron chi connectivity index (χ4n) is 2.14. The number of amides is 1. The highest BCUT2D eigenvalue weighted by atomic mass is 16.4. The van der Waals surface area contributed by atoms with Crippen molar-refractivity contribution in [3.63, 3.8) is 0 Å². The van der Waals surface area contributed by atoms with Gasteiger partial charge in [0, 0.05) is 25.1 Å².